The van der Waals surface area contributed by atoms with E-state index < -0.39 is 0 Å². The number of ether oxygens (including phenoxy) is 2. The summed E-state index contributed by atoms with van der Waals surface area (Å²) in [5.41, 5.74) is 4.90. The number of aromatic nitrogens is 3. The molecular weight excluding hydrogens is 352 g/mol. The summed E-state index contributed by atoms with van der Waals surface area (Å²) in [5.74, 6) is -0.192. The Labute approximate surface area is 155 Å². The minimum Gasteiger partial charge on any atom is -0.379 e. The predicted molar refractivity (Wildman–Crippen MR) is 97.3 cm³/mol. The van der Waals surface area contributed by atoms with Gasteiger partial charge in [-0.3, -0.25) is 4.79 Å². The lowest BCUT2D eigenvalue weighted by Crippen LogP contribution is -2.50. The monoisotopic (exact) mass is 372 g/mol. The molecule has 7 nitrogen and oxygen atoms in total. The van der Waals surface area contributed by atoms with Gasteiger partial charge < -0.3 is 19.2 Å². The largest absolute Gasteiger partial charge is 0.379 e. The van der Waals surface area contributed by atoms with Crippen LogP contribution in [0.4, 0.5) is 0 Å². The molecule has 4 rings (SSSR count). The van der Waals surface area contributed by atoms with Gasteiger partial charge in [0.1, 0.15) is 17.4 Å². The number of thiazole rings is 1. The van der Waals surface area contributed by atoms with E-state index in [1.807, 2.05) is 35.0 Å². The summed E-state index contributed by atoms with van der Waals surface area (Å²) in [7, 11) is 0. The zero-order valence-electron chi connectivity index (χ0n) is 14.4. The molecule has 8 heteroatoms. The van der Waals surface area contributed by atoms with Gasteiger partial charge in [0.05, 0.1) is 30.5 Å². The highest BCUT2D eigenvalue weighted by molar-refractivity contribution is 7.07. The van der Waals surface area contributed by atoms with Gasteiger partial charge in [-0.15, -0.1) is 11.3 Å². The predicted octanol–water partition coefficient (Wildman–Crippen LogP) is 2.20. The van der Waals surface area contributed by atoms with E-state index in [4.69, 9.17) is 9.47 Å². The molecule has 1 amide bonds. The second-order valence-electron chi connectivity index (χ2n) is 6.32. The second-order valence-corrected chi connectivity index (χ2v) is 7.04. The summed E-state index contributed by atoms with van der Waals surface area (Å²) in [4.78, 5) is 21.4. The number of amides is 1. The van der Waals surface area contributed by atoms with E-state index in [2.05, 4.69) is 15.3 Å². The first-order valence-corrected chi connectivity index (χ1v) is 9.46. The highest BCUT2D eigenvalue weighted by Gasteiger charge is 2.29. The average molecular weight is 372 g/mol. The van der Waals surface area contributed by atoms with E-state index in [0.717, 1.165) is 16.9 Å². The molecule has 1 N–H and O–H groups in total. The molecule has 0 aliphatic carbocycles. The van der Waals surface area contributed by atoms with Crippen LogP contribution in [0.2, 0.25) is 0 Å². The third-order valence-electron chi connectivity index (χ3n) is 4.46. The molecule has 1 aliphatic heterocycles. The highest BCUT2D eigenvalue weighted by Crippen LogP contribution is 2.16. The molecular formula is C18H20N4O3S. The number of rotatable bonds is 5. The SMILES string of the molecule is Cc1cccn2cc(C(=O)NC3CCOCC3OCc3cscn3)nc12. The Hall–Kier alpha value is -2.29. The number of hydrogen-bond acceptors (Lipinski definition) is 6. The highest BCUT2D eigenvalue weighted by atomic mass is 32.1. The van der Waals surface area contributed by atoms with Crippen molar-refractivity contribution in [2.75, 3.05) is 13.2 Å². The van der Waals surface area contributed by atoms with Gasteiger partial charge in [-0.2, -0.15) is 0 Å². The van der Waals surface area contributed by atoms with Gasteiger partial charge in [0.2, 0.25) is 0 Å². The van der Waals surface area contributed by atoms with Crippen molar-refractivity contribution >= 4 is 22.9 Å². The standard InChI is InChI=1S/C18H20N4O3S/c1-12-3-2-5-22-7-15(20-17(12)22)18(23)21-14-4-6-24-9-16(14)25-8-13-10-26-11-19-13/h2-3,5,7,10-11,14,16H,4,6,8-9H2,1H3,(H,21,23). The average Bonchev–Trinajstić information content (AvgIpc) is 3.31. The lowest BCUT2D eigenvalue weighted by molar-refractivity contribution is -0.0742. The van der Waals surface area contributed by atoms with Crippen LogP contribution < -0.4 is 5.32 Å². The third-order valence-corrected chi connectivity index (χ3v) is 5.10. The second kappa shape index (κ2) is 7.53. The maximum Gasteiger partial charge on any atom is 0.271 e. The Morgan fingerprint density at radius 1 is 1.54 bits per heavy atom. The Kier molecular flexibility index (Phi) is 4.96. The number of fused-ring (bicyclic) bond motifs is 1. The third kappa shape index (κ3) is 3.62. The van der Waals surface area contributed by atoms with Crippen molar-refractivity contribution in [2.45, 2.75) is 32.1 Å². The Bertz CT molecular complexity index is 893. The van der Waals surface area contributed by atoms with Gasteiger partial charge in [-0.1, -0.05) is 6.07 Å². The first-order chi connectivity index (χ1) is 12.7. The van der Waals surface area contributed by atoms with E-state index in [9.17, 15) is 4.79 Å². The number of nitrogens with zero attached hydrogens (tertiary/aromatic N) is 3. The van der Waals surface area contributed by atoms with Crippen LogP contribution in [0.1, 0.15) is 28.2 Å². The van der Waals surface area contributed by atoms with Crippen molar-refractivity contribution in [3.8, 4) is 0 Å². The normalized spacial score (nSPS) is 20.3. The minimum absolute atomic E-state index is 0.110. The maximum atomic E-state index is 12.7. The van der Waals surface area contributed by atoms with Crippen molar-refractivity contribution < 1.29 is 14.3 Å². The first-order valence-electron chi connectivity index (χ1n) is 8.52. The molecule has 0 aromatic carbocycles. The van der Waals surface area contributed by atoms with Crippen LogP contribution in [0.15, 0.2) is 35.4 Å². The Balaban J connectivity index is 1.44. The quantitative estimate of drug-likeness (QED) is 0.743. The fourth-order valence-electron chi connectivity index (χ4n) is 3.05. The molecule has 1 fully saturated rings. The molecule has 136 valence electrons. The summed E-state index contributed by atoms with van der Waals surface area (Å²) in [5, 5.41) is 5.01. The van der Waals surface area contributed by atoms with Crippen LogP contribution in [0.25, 0.3) is 5.65 Å². The van der Waals surface area contributed by atoms with E-state index in [0.29, 0.717) is 31.9 Å². The lowest BCUT2D eigenvalue weighted by Gasteiger charge is -2.31. The van der Waals surface area contributed by atoms with Crippen molar-refractivity contribution in [1.29, 1.82) is 0 Å². The van der Waals surface area contributed by atoms with Crippen molar-refractivity contribution in [2.24, 2.45) is 0 Å². The van der Waals surface area contributed by atoms with Crippen molar-refractivity contribution in [3.05, 3.63) is 52.4 Å². The smallest absolute Gasteiger partial charge is 0.271 e. The van der Waals surface area contributed by atoms with Crippen molar-refractivity contribution in [3.63, 3.8) is 0 Å². The molecule has 3 aromatic heterocycles. The fraction of sp³-hybridized carbons (Fsp3) is 0.389. The molecule has 4 heterocycles. The number of aryl methyl sites for hydroxylation is 1. The summed E-state index contributed by atoms with van der Waals surface area (Å²) >= 11 is 1.54. The topological polar surface area (TPSA) is 77.8 Å². The zero-order chi connectivity index (χ0) is 17.9. The molecule has 2 unspecified atom stereocenters. The van der Waals surface area contributed by atoms with E-state index in [1.165, 1.54) is 11.3 Å². The first kappa shape index (κ1) is 17.1. The number of carbonyl (C=O) groups excluding carboxylic acids is 1. The fourth-order valence-corrected chi connectivity index (χ4v) is 3.59. The molecule has 2 atom stereocenters. The van der Waals surface area contributed by atoms with E-state index >= 15 is 0 Å². The summed E-state index contributed by atoms with van der Waals surface area (Å²) in [6, 6.07) is 3.80. The van der Waals surface area contributed by atoms with Gasteiger partial charge in [0, 0.05) is 24.4 Å². The van der Waals surface area contributed by atoms with Crippen LogP contribution in [0, 0.1) is 6.92 Å². The van der Waals surface area contributed by atoms with Gasteiger partial charge in [0.25, 0.3) is 5.91 Å². The molecule has 0 radical (unpaired) electrons. The molecule has 26 heavy (non-hydrogen) atoms. The molecule has 0 saturated carbocycles. The molecule has 0 spiro atoms. The number of carbonyl (C=O) groups is 1. The van der Waals surface area contributed by atoms with Gasteiger partial charge >= 0.3 is 0 Å². The minimum atomic E-state index is -0.201. The summed E-state index contributed by atoms with van der Waals surface area (Å²) < 4.78 is 13.3. The number of nitrogens with one attached hydrogen (secondary N) is 1. The molecule has 1 aliphatic rings. The van der Waals surface area contributed by atoms with E-state index in [-0.39, 0.29) is 18.1 Å². The number of imidazole rings is 1. The van der Waals surface area contributed by atoms with Crippen LogP contribution >= 0.6 is 11.3 Å². The Morgan fingerprint density at radius 2 is 2.46 bits per heavy atom. The van der Waals surface area contributed by atoms with Gasteiger partial charge in [0.15, 0.2) is 0 Å². The zero-order valence-corrected chi connectivity index (χ0v) is 15.2. The molecule has 0 bridgehead atoms. The summed E-state index contributed by atoms with van der Waals surface area (Å²) in [6.45, 7) is 3.45. The summed E-state index contributed by atoms with van der Waals surface area (Å²) in [6.07, 6.45) is 4.15. The van der Waals surface area contributed by atoms with Crippen LogP contribution in [0.5, 0.6) is 0 Å². The van der Waals surface area contributed by atoms with E-state index in [1.54, 1.807) is 11.7 Å². The number of pyridine rings is 1. The van der Waals surface area contributed by atoms with Crippen LogP contribution in [-0.2, 0) is 16.1 Å². The molecule has 1 saturated heterocycles. The lowest BCUT2D eigenvalue weighted by atomic mass is 10.1. The Morgan fingerprint density at radius 3 is 3.27 bits per heavy atom. The molecule has 3 aromatic rings. The maximum absolute atomic E-state index is 12.7. The van der Waals surface area contributed by atoms with Gasteiger partial charge in [-0.25, -0.2) is 9.97 Å². The van der Waals surface area contributed by atoms with Crippen molar-refractivity contribution in [1.82, 2.24) is 19.7 Å². The van der Waals surface area contributed by atoms with Crippen LogP contribution in [0.3, 0.4) is 0 Å². The number of hydrogen-bond donors (Lipinski definition) is 1. The van der Waals surface area contributed by atoms with Gasteiger partial charge in [-0.05, 0) is 25.0 Å². The van der Waals surface area contributed by atoms with Crippen LogP contribution in [-0.4, -0.2) is 45.6 Å².